The molecule has 1 saturated carbocycles. The third-order valence-corrected chi connectivity index (χ3v) is 4.39. The third kappa shape index (κ3) is 3.57. The zero-order chi connectivity index (χ0) is 13.9. The van der Waals surface area contributed by atoms with E-state index in [1.807, 2.05) is 31.2 Å². The molecule has 1 aliphatic rings. The van der Waals surface area contributed by atoms with Gasteiger partial charge in [-0.15, -0.1) is 0 Å². The summed E-state index contributed by atoms with van der Waals surface area (Å²) in [4.78, 5) is 12.3. The Bertz CT molecular complexity index is 455. The highest BCUT2D eigenvalue weighted by Crippen LogP contribution is 2.27. The Kier molecular flexibility index (Phi) is 4.63. The molecule has 0 aliphatic heterocycles. The summed E-state index contributed by atoms with van der Waals surface area (Å²) in [5.74, 6) is -0.0142. The van der Waals surface area contributed by atoms with Gasteiger partial charge in [0.25, 0.3) is 0 Å². The molecule has 1 amide bonds. The normalized spacial score (nSPS) is 19.7. The largest absolute Gasteiger partial charge is 0.348 e. The first-order chi connectivity index (χ1) is 9.01. The van der Waals surface area contributed by atoms with E-state index in [1.165, 1.54) is 6.42 Å². The van der Waals surface area contributed by atoms with Gasteiger partial charge in [0.2, 0.25) is 5.91 Å². The Morgan fingerprint density at radius 3 is 2.68 bits per heavy atom. The summed E-state index contributed by atoms with van der Waals surface area (Å²) in [5, 5.41) is 3.05. The number of nitrogens with one attached hydrogen (secondary N) is 1. The van der Waals surface area contributed by atoms with E-state index >= 15 is 0 Å². The Balaban J connectivity index is 2.02. The molecule has 0 aromatic heterocycles. The molecule has 0 saturated heterocycles. The van der Waals surface area contributed by atoms with Crippen molar-refractivity contribution in [2.24, 2.45) is 5.73 Å². The van der Waals surface area contributed by atoms with Gasteiger partial charge in [0, 0.05) is 4.47 Å². The molecule has 4 heteroatoms. The van der Waals surface area contributed by atoms with E-state index in [0.717, 1.165) is 35.7 Å². The van der Waals surface area contributed by atoms with Gasteiger partial charge in [-0.3, -0.25) is 4.79 Å². The molecule has 0 radical (unpaired) electrons. The second-order valence-corrected chi connectivity index (χ2v) is 6.38. The standard InChI is InChI=1S/C15H21BrN2O/c1-11(12-6-5-7-13(16)10-12)18-14(19)15(17)8-3-2-4-9-15/h5-7,10-11H,2-4,8-9,17H2,1H3,(H,18,19)/t11-/m0/s1. The van der Waals surface area contributed by atoms with Gasteiger partial charge in [-0.25, -0.2) is 0 Å². The molecular weight excluding hydrogens is 304 g/mol. The van der Waals surface area contributed by atoms with Gasteiger partial charge < -0.3 is 11.1 Å². The van der Waals surface area contributed by atoms with Crippen molar-refractivity contribution in [3.63, 3.8) is 0 Å². The Labute approximate surface area is 123 Å². The minimum atomic E-state index is -0.668. The van der Waals surface area contributed by atoms with Crippen molar-refractivity contribution in [2.75, 3.05) is 0 Å². The van der Waals surface area contributed by atoms with E-state index in [0.29, 0.717) is 0 Å². The molecule has 3 nitrogen and oxygen atoms in total. The highest BCUT2D eigenvalue weighted by Gasteiger charge is 2.35. The number of nitrogens with two attached hydrogens (primary N) is 1. The zero-order valence-corrected chi connectivity index (χ0v) is 12.9. The van der Waals surface area contributed by atoms with E-state index in [4.69, 9.17) is 5.73 Å². The van der Waals surface area contributed by atoms with Gasteiger partial charge in [0.1, 0.15) is 0 Å². The van der Waals surface area contributed by atoms with Crippen molar-refractivity contribution >= 4 is 21.8 Å². The number of benzene rings is 1. The highest BCUT2D eigenvalue weighted by molar-refractivity contribution is 9.10. The van der Waals surface area contributed by atoms with Crippen LogP contribution < -0.4 is 11.1 Å². The monoisotopic (exact) mass is 324 g/mol. The van der Waals surface area contributed by atoms with E-state index in [2.05, 4.69) is 21.2 Å². The van der Waals surface area contributed by atoms with Crippen molar-refractivity contribution in [3.8, 4) is 0 Å². The lowest BCUT2D eigenvalue weighted by atomic mass is 9.81. The van der Waals surface area contributed by atoms with Crippen LogP contribution in [0.1, 0.15) is 50.6 Å². The summed E-state index contributed by atoms with van der Waals surface area (Å²) in [5.41, 5.74) is 6.65. The maximum Gasteiger partial charge on any atom is 0.240 e. The fourth-order valence-corrected chi connectivity index (χ4v) is 3.03. The summed E-state index contributed by atoms with van der Waals surface area (Å²) in [6, 6.07) is 7.96. The van der Waals surface area contributed by atoms with Crippen molar-refractivity contribution in [1.29, 1.82) is 0 Å². The summed E-state index contributed by atoms with van der Waals surface area (Å²) < 4.78 is 1.02. The Morgan fingerprint density at radius 1 is 1.37 bits per heavy atom. The highest BCUT2D eigenvalue weighted by atomic mass is 79.9. The van der Waals surface area contributed by atoms with Crippen LogP contribution in [0.4, 0.5) is 0 Å². The second kappa shape index (κ2) is 6.06. The first kappa shape index (κ1) is 14.5. The minimum absolute atomic E-state index is 0.0142. The number of hydrogen-bond acceptors (Lipinski definition) is 2. The Morgan fingerprint density at radius 2 is 2.05 bits per heavy atom. The topological polar surface area (TPSA) is 55.1 Å². The van der Waals surface area contributed by atoms with Crippen molar-refractivity contribution < 1.29 is 4.79 Å². The number of halogens is 1. The van der Waals surface area contributed by atoms with Crippen LogP contribution in [0.2, 0.25) is 0 Å². The molecule has 0 heterocycles. The summed E-state index contributed by atoms with van der Waals surface area (Å²) in [7, 11) is 0. The van der Waals surface area contributed by atoms with E-state index in [-0.39, 0.29) is 11.9 Å². The van der Waals surface area contributed by atoms with Crippen LogP contribution in [-0.2, 0) is 4.79 Å². The van der Waals surface area contributed by atoms with E-state index in [9.17, 15) is 4.79 Å². The number of carbonyl (C=O) groups excluding carboxylic acids is 1. The van der Waals surface area contributed by atoms with Crippen LogP contribution in [0.25, 0.3) is 0 Å². The van der Waals surface area contributed by atoms with Crippen LogP contribution in [-0.4, -0.2) is 11.4 Å². The maximum absolute atomic E-state index is 12.3. The summed E-state index contributed by atoms with van der Waals surface area (Å²) >= 11 is 3.45. The molecular formula is C15H21BrN2O. The maximum atomic E-state index is 12.3. The predicted octanol–water partition coefficient (Wildman–Crippen LogP) is 3.29. The molecule has 104 valence electrons. The van der Waals surface area contributed by atoms with Crippen LogP contribution >= 0.6 is 15.9 Å². The molecule has 1 fully saturated rings. The fraction of sp³-hybridized carbons (Fsp3) is 0.533. The number of carbonyl (C=O) groups is 1. The van der Waals surface area contributed by atoms with E-state index in [1.54, 1.807) is 0 Å². The lowest BCUT2D eigenvalue weighted by Crippen LogP contribution is -2.55. The molecule has 0 bridgehead atoms. The first-order valence-electron chi connectivity index (χ1n) is 6.86. The average molecular weight is 325 g/mol. The first-order valence-corrected chi connectivity index (χ1v) is 7.66. The smallest absolute Gasteiger partial charge is 0.240 e. The van der Waals surface area contributed by atoms with Gasteiger partial charge in [0.15, 0.2) is 0 Å². The summed E-state index contributed by atoms with van der Waals surface area (Å²) in [6.07, 6.45) is 4.88. The molecule has 1 atom stereocenters. The molecule has 19 heavy (non-hydrogen) atoms. The SMILES string of the molecule is C[C@H](NC(=O)C1(N)CCCCC1)c1cccc(Br)c1. The number of hydrogen-bond donors (Lipinski definition) is 2. The predicted molar refractivity (Wildman–Crippen MR) is 80.7 cm³/mol. The van der Waals surface area contributed by atoms with Gasteiger partial charge in [-0.2, -0.15) is 0 Å². The average Bonchev–Trinajstić information content (AvgIpc) is 2.39. The van der Waals surface area contributed by atoms with Gasteiger partial charge in [0.05, 0.1) is 11.6 Å². The molecule has 1 aliphatic carbocycles. The van der Waals surface area contributed by atoms with Crippen molar-refractivity contribution in [2.45, 2.75) is 50.6 Å². The van der Waals surface area contributed by atoms with E-state index < -0.39 is 5.54 Å². The van der Waals surface area contributed by atoms with Crippen LogP contribution in [0.15, 0.2) is 28.7 Å². The molecule has 0 unspecified atom stereocenters. The zero-order valence-electron chi connectivity index (χ0n) is 11.3. The van der Waals surface area contributed by atoms with Crippen molar-refractivity contribution in [1.82, 2.24) is 5.32 Å². The Hall–Kier alpha value is -0.870. The molecule has 2 rings (SSSR count). The van der Waals surface area contributed by atoms with Gasteiger partial charge in [-0.1, -0.05) is 47.3 Å². The second-order valence-electron chi connectivity index (χ2n) is 5.47. The molecule has 3 N–H and O–H groups in total. The van der Waals surface area contributed by atoms with Gasteiger partial charge >= 0.3 is 0 Å². The number of amides is 1. The molecule has 1 aromatic rings. The van der Waals surface area contributed by atoms with Crippen LogP contribution in [0.3, 0.4) is 0 Å². The third-order valence-electron chi connectivity index (χ3n) is 3.89. The van der Waals surface area contributed by atoms with Crippen LogP contribution in [0, 0.1) is 0 Å². The quantitative estimate of drug-likeness (QED) is 0.896. The van der Waals surface area contributed by atoms with Crippen molar-refractivity contribution in [3.05, 3.63) is 34.3 Å². The lowest BCUT2D eigenvalue weighted by molar-refractivity contribution is -0.128. The number of rotatable bonds is 3. The molecule has 0 spiro atoms. The lowest BCUT2D eigenvalue weighted by Gasteiger charge is -2.33. The molecule has 1 aromatic carbocycles. The van der Waals surface area contributed by atoms with Gasteiger partial charge in [-0.05, 0) is 37.5 Å². The minimum Gasteiger partial charge on any atom is -0.348 e. The fourth-order valence-electron chi connectivity index (χ4n) is 2.61. The summed E-state index contributed by atoms with van der Waals surface area (Å²) in [6.45, 7) is 1.99. The van der Waals surface area contributed by atoms with Crippen LogP contribution in [0.5, 0.6) is 0 Å².